The van der Waals surface area contributed by atoms with E-state index in [4.69, 9.17) is 11.6 Å². The van der Waals surface area contributed by atoms with Gasteiger partial charge in [-0.25, -0.2) is 4.98 Å². The summed E-state index contributed by atoms with van der Waals surface area (Å²) >= 11 is 7.36. The van der Waals surface area contributed by atoms with Crippen LogP contribution in [-0.2, 0) is 11.2 Å². The Morgan fingerprint density at radius 2 is 2.00 bits per heavy atom. The zero-order valence-electron chi connectivity index (χ0n) is 14.6. The van der Waals surface area contributed by atoms with Crippen LogP contribution in [-0.4, -0.2) is 21.1 Å². The lowest BCUT2D eigenvalue weighted by Crippen LogP contribution is -2.22. The first kappa shape index (κ1) is 18.5. The number of hydrogen-bond acceptors (Lipinski definition) is 3. The van der Waals surface area contributed by atoms with Gasteiger partial charge in [-0.3, -0.25) is 4.79 Å². The Morgan fingerprint density at radius 1 is 1.23 bits per heavy atom. The summed E-state index contributed by atoms with van der Waals surface area (Å²) in [5.41, 5.74) is 3.93. The van der Waals surface area contributed by atoms with Gasteiger partial charge in [-0.15, -0.1) is 0 Å². The third kappa shape index (κ3) is 4.90. The van der Waals surface area contributed by atoms with Gasteiger partial charge in [-0.1, -0.05) is 59.8 Å². The van der Waals surface area contributed by atoms with E-state index in [2.05, 4.69) is 27.4 Å². The highest BCUT2D eigenvalue weighted by Gasteiger charge is 2.18. The second-order valence-corrected chi connectivity index (χ2v) is 7.80. The van der Waals surface area contributed by atoms with E-state index in [0.717, 1.165) is 23.0 Å². The minimum Gasteiger partial charge on any atom is -0.337 e. The number of carbonyl (C=O) groups is 1. The molecule has 134 valence electrons. The Morgan fingerprint density at radius 3 is 2.73 bits per heavy atom. The molecule has 1 aromatic heterocycles. The number of thioether (sulfide) groups is 1. The predicted molar refractivity (Wildman–Crippen MR) is 108 cm³/mol. The third-order valence-electron chi connectivity index (χ3n) is 3.93. The summed E-state index contributed by atoms with van der Waals surface area (Å²) in [5.74, 6) is -0.0871. The summed E-state index contributed by atoms with van der Waals surface area (Å²) < 4.78 is 0. The van der Waals surface area contributed by atoms with Crippen LogP contribution in [0.3, 0.4) is 0 Å². The van der Waals surface area contributed by atoms with E-state index in [9.17, 15) is 4.79 Å². The Kier molecular flexibility index (Phi) is 6.01. The van der Waals surface area contributed by atoms with Gasteiger partial charge in [0.2, 0.25) is 5.91 Å². The smallest absolute Gasteiger partial charge is 0.237 e. The number of amides is 1. The molecular weight excluding hydrogens is 366 g/mol. The molecule has 6 heteroatoms. The topological polar surface area (TPSA) is 57.8 Å². The van der Waals surface area contributed by atoms with E-state index in [0.29, 0.717) is 10.7 Å². The molecule has 1 amide bonds. The Hall–Kier alpha value is -2.24. The molecule has 0 spiro atoms. The van der Waals surface area contributed by atoms with Gasteiger partial charge in [0.25, 0.3) is 0 Å². The first-order valence-electron chi connectivity index (χ1n) is 8.34. The molecule has 1 heterocycles. The molecule has 0 fully saturated rings. The van der Waals surface area contributed by atoms with Gasteiger partial charge >= 0.3 is 0 Å². The molecule has 0 aliphatic heterocycles. The molecule has 4 nitrogen and oxygen atoms in total. The number of hydrogen-bond donors (Lipinski definition) is 2. The quantitative estimate of drug-likeness (QED) is 0.581. The van der Waals surface area contributed by atoms with Crippen LogP contribution in [0.1, 0.15) is 23.9 Å². The highest BCUT2D eigenvalue weighted by Crippen LogP contribution is 2.24. The summed E-state index contributed by atoms with van der Waals surface area (Å²) in [6.07, 6.45) is 0.771. The van der Waals surface area contributed by atoms with E-state index in [1.807, 2.05) is 44.2 Å². The SMILES string of the molecule is Cc1[nH]c(SC(C)C(=O)Nc2cccc(Cl)c2)nc1Cc1ccccc1. The van der Waals surface area contributed by atoms with Crippen LogP contribution in [0.4, 0.5) is 5.69 Å². The highest BCUT2D eigenvalue weighted by atomic mass is 35.5. The maximum atomic E-state index is 12.4. The number of halogens is 1. The largest absolute Gasteiger partial charge is 0.337 e. The molecule has 0 saturated carbocycles. The van der Waals surface area contributed by atoms with Gasteiger partial charge < -0.3 is 10.3 Å². The van der Waals surface area contributed by atoms with E-state index in [1.54, 1.807) is 12.1 Å². The van der Waals surface area contributed by atoms with Crippen LogP contribution < -0.4 is 5.32 Å². The lowest BCUT2D eigenvalue weighted by molar-refractivity contribution is -0.115. The molecule has 2 N–H and O–H groups in total. The summed E-state index contributed by atoms with van der Waals surface area (Å²) in [7, 11) is 0. The van der Waals surface area contributed by atoms with E-state index in [-0.39, 0.29) is 11.2 Å². The maximum absolute atomic E-state index is 12.4. The molecular formula is C20H20ClN3OS. The average molecular weight is 386 g/mol. The van der Waals surface area contributed by atoms with Gasteiger partial charge in [-0.05, 0) is 37.6 Å². The number of benzene rings is 2. The fourth-order valence-electron chi connectivity index (χ4n) is 2.52. The predicted octanol–water partition coefficient (Wildman–Crippen LogP) is 5.08. The van der Waals surface area contributed by atoms with Crippen LogP contribution in [0.2, 0.25) is 5.02 Å². The second-order valence-electron chi connectivity index (χ2n) is 6.04. The van der Waals surface area contributed by atoms with Crippen molar-refractivity contribution in [3.63, 3.8) is 0 Å². The van der Waals surface area contributed by atoms with Crippen molar-refractivity contribution in [2.45, 2.75) is 30.7 Å². The lowest BCUT2D eigenvalue weighted by atomic mass is 10.1. The molecule has 0 aliphatic rings. The Labute approximate surface area is 162 Å². The van der Waals surface area contributed by atoms with Crippen LogP contribution in [0.25, 0.3) is 0 Å². The zero-order valence-corrected chi connectivity index (χ0v) is 16.2. The molecule has 0 aliphatic carbocycles. The number of aromatic nitrogens is 2. The monoisotopic (exact) mass is 385 g/mol. The van der Waals surface area contributed by atoms with Crippen LogP contribution in [0.15, 0.2) is 59.8 Å². The first-order chi connectivity index (χ1) is 12.5. The first-order valence-corrected chi connectivity index (χ1v) is 9.59. The number of anilines is 1. The molecule has 3 rings (SSSR count). The van der Waals surface area contributed by atoms with Crippen molar-refractivity contribution >= 4 is 35.0 Å². The summed E-state index contributed by atoms with van der Waals surface area (Å²) in [6.45, 7) is 3.87. The van der Waals surface area contributed by atoms with Gasteiger partial charge in [0.15, 0.2) is 5.16 Å². The number of aryl methyl sites for hydroxylation is 1. The number of rotatable bonds is 6. The van der Waals surface area contributed by atoms with Crippen molar-refractivity contribution in [2.75, 3.05) is 5.32 Å². The van der Waals surface area contributed by atoms with E-state index in [1.165, 1.54) is 17.3 Å². The van der Waals surface area contributed by atoms with Crippen LogP contribution in [0.5, 0.6) is 0 Å². The second kappa shape index (κ2) is 8.43. The van der Waals surface area contributed by atoms with Crippen molar-refractivity contribution in [3.05, 3.63) is 76.6 Å². The molecule has 26 heavy (non-hydrogen) atoms. The fourth-order valence-corrected chi connectivity index (χ4v) is 3.58. The fraction of sp³-hybridized carbons (Fsp3) is 0.200. The number of carbonyl (C=O) groups excluding carboxylic acids is 1. The Balaban J connectivity index is 1.63. The van der Waals surface area contributed by atoms with Crippen molar-refractivity contribution < 1.29 is 4.79 Å². The zero-order chi connectivity index (χ0) is 18.5. The maximum Gasteiger partial charge on any atom is 0.237 e. The number of nitrogens with one attached hydrogen (secondary N) is 2. The van der Waals surface area contributed by atoms with Crippen molar-refractivity contribution in [3.8, 4) is 0 Å². The van der Waals surface area contributed by atoms with E-state index < -0.39 is 0 Å². The van der Waals surface area contributed by atoms with Gasteiger partial charge in [-0.2, -0.15) is 0 Å². The highest BCUT2D eigenvalue weighted by molar-refractivity contribution is 8.00. The third-order valence-corrected chi connectivity index (χ3v) is 5.15. The lowest BCUT2D eigenvalue weighted by Gasteiger charge is -2.10. The summed E-state index contributed by atoms with van der Waals surface area (Å²) in [6, 6.07) is 17.3. The minimum absolute atomic E-state index is 0.0871. The number of H-pyrrole nitrogens is 1. The Bertz CT molecular complexity index is 895. The molecule has 2 aromatic carbocycles. The van der Waals surface area contributed by atoms with Crippen molar-refractivity contribution in [1.29, 1.82) is 0 Å². The number of imidazole rings is 1. The summed E-state index contributed by atoms with van der Waals surface area (Å²) in [4.78, 5) is 20.3. The number of nitrogens with zero attached hydrogens (tertiary/aromatic N) is 1. The van der Waals surface area contributed by atoms with E-state index >= 15 is 0 Å². The average Bonchev–Trinajstić information content (AvgIpc) is 2.95. The molecule has 0 saturated heterocycles. The molecule has 0 bridgehead atoms. The molecule has 1 unspecified atom stereocenters. The standard InChI is InChI=1S/C20H20ClN3OS/c1-13-18(11-15-7-4-3-5-8-15)24-20(22-13)26-14(2)19(25)23-17-10-6-9-16(21)12-17/h3-10,12,14H,11H2,1-2H3,(H,22,24)(H,23,25). The van der Waals surface area contributed by atoms with Gasteiger partial charge in [0, 0.05) is 22.8 Å². The minimum atomic E-state index is -0.288. The molecule has 1 atom stereocenters. The van der Waals surface area contributed by atoms with Crippen LogP contribution in [0, 0.1) is 6.92 Å². The van der Waals surface area contributed by atoms with Crippen molar-refractivity contribution in [1.82, 2.24) is 9.97 Å². The molecule has 0 radical (unpaired) electrons. The number of aromatic amines is 1. The molecule has 3 aromatic rings. The van der Waals surface area contributed by atoms with Crippen LogP contribution >= 0.6 is 23.4 Å². The van der Waals surface area contributed by atoms with Crippen molar-refractivity contribution in [2.24, 2.45) is 0 Å². The van der Waals surface area contributed by atoms with Gasteiger partial charge in [0.1, 0.15) is 0 Å². The van der Waals surface area contributed by atoms with Gasteiger partial charge in [0.05, 0.1) is 10.9 Å². The normalized spacial score (nSPS) is 12.0. The summed E-state index contributed by atoms with van der Waals surface area (Å²) in [5, 5.41) is 3.94.